The Morgan fingerprint density at radius 3 is 2.22 bits per heavy atom. The number of amides is 3. The first-order valence-electron chi connectivity index (χ1n) is 9.85. The second-order valence-corrected chi connectivity index (χ2v) is 8.69. The number of carbonyl (C=O) groups is 3. The van der Waals surface area contributed by atoms with Gasteiger partial charge in [0.25, 0.3) is 11.8 Å². The molecule has 0 spiro atoms. The predicted molar refractivity (Wildman–Crippen MR) is 129 cm³/mol. The lowest BCUT2D eigenvalue weighted by Crippen LogP contribution is -2.31. The average Bonchev–Trinajstić information content (AvgIpc) is 3.27. The van der Waals surface area contributed by atoms with Gasteiger partial charge in [0.15, 0.2) is 0 Å². The fraction of sp³-hybridized carbons (Fsp3) is 0.174. The highest BCUT2D eigenvalue weighted by atomic mass is 79.9. The summed E-state index contributed by atoms with van der Waals surface area (Å²) >= 11 is 15.6. The first-order chi connectivity index (χ1) is 15.4. The fourth-order valence-electron chi connectivity index (χ4n) is 3.70. The average molecular weight is 535 g/mol. The van der Waals surface area contributed by atoms with Crippen molar-refractivity contribution < 1.29 is 14.4 Å². The molecule has 1 aliphatic heterocycles. The maximum atomic E-state index is 12.5. The second kappa shape index (κ2) is 9.48. The number of alkyl halides is 1. The lowest BCUT2D eigenvalue weighted by molar-refractivity contribution is -0.113. The molecular formula is C23H18BrCl2N3O3. The normalized spacial score (nSPS) is 12.9. The molecule has 0 radical (unpaired) electrons. The third-order valence-corrected chi connectivity index (χ3v) is 6.23. The van der Waals surface area contributed by atoms with Crippen molar-refractivity contribution in [2.75, 3.05) is 17.2 Å². The van der Waals surface area contributed by atoms with Gasteiger partial charge in [-0.2, -0.15) is 0 Å². The van der Waals surface area contributed by atoms with E-state index < -0.39 is 0 Å². The monoisotopic (exact) mass is 533 g/mol. The van der Waals surface area contributed by atoms with E-state index in [2.05, 4.69) is 21.2 Å². The Morgan fingerprint density at radius 1 is 0.906 bits per heavy atom. The van der Waals surface area contributed by atoms with Crippen LogP contribution in [-0.2, 0) is 11.3 Å². The number of nitrogens with zero attached hydrogens (tertiary/aromatic N) is 2. The summed E-state index contributed by atoms with van der Waals surface area (Å²) in [5.74, 6) is -0.728. The van der Waals surface area contributed by atoms with Gasteiger partial charge in [-0.1, -0.05) is 57.3 Å². The minimum Gasteiger partial charge on any atom is -0.351 e. The summed E-state index contributed by atoms with van der Waals surface area (Å²) in [7, 11) is 0. The number of hydrogen-bond acceptors (Lipinski definition) is 3. The number of imide groups is 1. The third-order valence-electron chi connectivity index (χ3n) is 5.17. The van der Waals surface area contributed by atoms with E-state index in [1.165, 1.54) is 4.90 Å². The number of aryl methyl sites for hydroxylation is 1. The van der Waals surface area contributed by atoms with E-state index in [1.54, 1.807) is 42.5 Å². The Kier molecular flexibility index (Phi) is 6.69. The molecule has 0 saturated heterocycles. The number of anilines is 1. The number of aromatic nitrogens is 1. The lowest BCUT2D eigenvalue weighted by Gasteiger charge is -2.13. The van der Waals surface area contributed by atoms with Crippen LogP contribution in [0.4, 0.5) is 5.69 Å². The highest BCUT2D eigenvalue weighted by Gasteiger charge is 2.34. The van der Waals surface area contributed by atoms with Crippen molar-refractivity contribution in [2.24, 2.45) is 0 Å². The molecule has 0 unspecified atom stereocenters. The van der Waals surface area contributed by atoms with E-state index in [9.17, 15) is 14.4 Å². The van der Waals surface area contributed by atoms with Crippen LogP contribution in [0.2, 0.25) is 10.0 Å². The molecule has 32 heavy (non-hydrogen) atoms. The maximum absolute atomic E-state index is 12.5. The number of benzene rings is 2. The van der Waals surface area contributed by atoms with Gasteiger partial charge in [0.2, 0.25) is 5.91 Å². The molecule has 6 nitrogen and oxygen atoms in total. The third kappa shape index (κ3) is 4.46. The summed E-state index contributed by atoms with van der Waals surface area (Å²) in [5.41, 5.74) is 2.98. The van der Waals surface area contributed by atoms with Crippen LogP contribution in [0.1, 0.15) is 27.1 Å². The van der Waals surface area contributed by atoms with Gasteiger partial charge in [0.1, 0.15) is 0 Å². The topological polar surface area (TPSA) is 71.4 Å². The van der Waals surface area contributed by atoms with Gasteiger partial charge in [-0.3, -0.25) is 19.3 Å². The summed E-state index contributed by atoms with van der Waals surface area (Å²) in [6.45, 7) is 0.834. The van der Waals surface area contributed by atoms with Crippen molar-refractivity contribution in [3.8, 4) is 11.1 Å². The Hall–Kier alpha value is -2.61. The van der Waals surface area contributed by atoms with Gasteiger partial charge in [-0.15, -0.1) is 0 Å². The van der Waals surface area contributed by atoms with Crippen LogP contribution in [0.5, 0.6) is 0 Å². The summed E-state index contributed by atoms with van der Waals surface area (Å²) in [5, 5.41) is 4.01. The van der Waals surface area contributed by atoms with Gasteiger partial charge in [0.05, 0.1) is 27.2 Å². The van der Waals surface area contributed by atoms with E-state index >= 15 is 0 Å². The summed E-state index contributed by atoms with van der Waals surface area (Å²) in [6, 6.07) is 12.0. The molecule has 1 N–H and O–H groups in total. The van der Waals surface area contributed by atoms with Gasteiger partial charge < -0.3 is 9.88 Å². The zero-order valence-corrected chi connectivity index (χ0v) is 19.9. The first kappa shape index (κ1) is 22.6. The molecule has 9 heteroatoms. The van der Waals surface area contributed by atoms with Crippen molar-refractivity contribution in [1.29, 1.82) is 0 Å². The van der Waals surface area contributed by atoms with Gasteiger partial charge >= 0.3 is 0 Å². The highest BCUT2D eigenvalue weighted by molar-refractivity contribution is 9.09. The fourth-order valence-corrected chi connectivity index (χ4v) is 4.35. The molecule has 3 amide bonds. The predicted octanol–water partition coefficient (Wildman–Crippen LogP) is 5.48. The number of fused-ring (bicyclic) bond motifs is 1. The second-order valence-electron chi connectivity index (χ2n) is 7.29. The van der Waals surface area contributed by atoms with Crippen LogP contribution in [0.3, 0.4) is 0 Å². The van der Waals surface area contributed by atoms with Crippen LogP contribution in [0.25, 0.3) is 11.1 Å². The SMILES string of the molecule is O=C(CBr)Nc1cn(CCCN2C(=O)c3ccccc3C2=O)cc1-c1ccc(Cl)cc1Cl. The molecule has 164 valence electrons. The zero-order valence-electron chi connectivity index (χ0n) is 16.8. The minimum atomic E-state index is -0.267. The molecule has 0 fully saturated rings. The summed E-state index contributed by atoms with van der Waals surface area (Å²) in [6.07, 6.45) is 4.24. The van der Waals surface area contributed by atoms with Crippen LogP contribution in [-0.4, -0.2) is 39.1 Å². The molecule has 0 saturated carbocycles. The molecule has 0 bridgehead atoms. The minimum absolute atomic E-state index is 0.158. The van der Waals surface area contributed by atoms with Crippen molar-refractivity contribution in [3.05, 3.63) is 76.0 Å². The zero-order chi connectivity index (χ0) is 22.8. The van der Waals surface area contributed by atoms with Crippen molar-refractivity contribution in [3.63, 3.8) is 0 Å². The van der Waals surface area contributed by atoms with E-state index in [0.717, 1.165) is 11.1 Å². The molecule has 1 aliphatic rings. The molecular weight excluding hydrogens is 517 g/mol. The van der Waals surface area contributed by atoms with Crippen LogP contribution >= 0.6 is 39.1 Å². The standard InChI is InChI=1S/C23H18BrCl2N3O3/c24-11-21(30)27-20-13-28(12-18(20)15-7-6-14(25)10-19(15)26)8-3-9-29-22(31)16-4-1-2-5-17(16)23(29)32/h1-2,4-7,10,12-13H,3,8-9,11H2,(H,27,30). The molecule has 1 aromatic heterocycles. The van der Waals surface area contributed by atoms with E-state index in [-0.39, 0.29) is 23.1 Å². The molecule has 3 aromatic rings. The maximum Gasteiger partial charge on any atom is 0.261 e. The highest BCUT2D eigenvalue weighted by Crippen LogP contribution is 2.36. The van der Waals surface area contributed by atoms with E-state index in [0.29, 0.717) is 46.4 Å². The smallest absolute Gasteiger partial charge is 0.261 e. The number of hydrogen-bond donors (Lipinski definition) is 1. The van der Waals surface area contributed by atoms with Gasteiger partial charge in [0, 0.05) is 41.6 Å². The first-order valence-corrected chi connectivity index (χ1v) is 11.7. The summed E-state index contributed by atoms with van der Waals surface area (Å²) in [4.78, 5) is 38.3. The lowest BCUT2D eigenvalue weighted by atomic mass is 10.1. The number of carbonyl (C=O) groups excluding carboxylic acids is 3. The van der Waals surface area contributed by atoms with Crippen LogP contribution < -0.4 is 5.32 Å². The molecule has 0 aliphatic carbocycles. The summed E-state index contributed by atoms with van der Waals surface area (Å²) < 4.78 is 1.91. The van der Waals surface area contributed by atoms with Crippen molar-refractivity contribution >= 4 is 62.5 Å². The molecule has 0 atom stereocenters. The van der Waals surface area contributed by atoms with Crippen molar-refractivity contribution in [1.82, 2.24) is 9.47 Å². The Morgan fingerprint density at radius 2 is 1.59 bits per heavy atom. The number of nitrogens with one attached hydrogen (secondary N) is 1. The molecule has 2 aromatic carbocycles. The quantitative estimate of drug-likeness (QED) is 0.322. The largest absolute Gasteiger partial charge is 0.351 e. The van der Waals surface area contributed by atoms with Gasteiger partial charge in [-0.25, -0.2) is 0 Å². The molecule has 2 heterocycles. The Bertz CT molecular complexity index is 1190. The Labute approximate surface area is 203 Å². The van der Waals surface area contributed by atoms with E-state index in [4.69, 9.17) is 23.2 Å². The molecule has 4 rings (SSSR count). The Balaban J connectivity index is 1.51. The number of rotatable bonds is 7. The van der Waals surface area contributed by atoms with Crippen LogP contribution in [0.15, 0.2) is 54.9 Å². The van der Waals surface area contributed by atoms with Crippen LogP contribution in [0, 0.1) is 0 Å². The van der Waals surface area contributed by atoms with Crippen molar-refractivity contribution in [2.45, 2.75) is 13.0 Å². The van der Waals surface area contributed by atoms with E-state index in [1.807, 2.05) is 17.0 Å². The number of halogens is 3. The van der Waals surface area contributed by atoms with Gasteiger partial charge in [-0.05, 0) is 30.7 Å².